The Morgan fingerprint density at radius 1 is 1.13 bits per heavy atom. The number of aromatic nitrogens is 1. The van der Waals surface area contributed by atoms with Crippen molar-refractivity contribution >= 4 is 22.5 Å². The third kappa shape index (κ3) is 6.15. The summed E-state index contributed by atoms with van der Waals surface area (Å²) in [7, 11) is 0. The van der Waals surface area contributed by atoms with Gasteiger partial charge in [-0.1, -0.05) is 6.92 Å². The summed E-state index contributed by atoms with van der Waals surface area (Å²) in [4.78, 5) is 18.1. The van der Waals surface area contributed by atoms with Crippen molar-refractivity contribution in [3.8, 4) is 0 Å². The van der Waals surface area contributed by atoms with Crippen LogP contribution in [0.4, 0.5) is 32.0 Å². The zero-order valence-corrected chi connectivity index (χ0v) is 20.7. The predicted molar refractivity (Wildman–Crippen MR) is 127 cm³/mol. The lowest BCUT2D eigenvalue weighted by atomic mass is 9.77. The molecule has 0 spiro atoms. The van der Waals surface area contributed by atoms with Crippen molar-refractivity contribution in [3.05, 3.63) is 35.5 Å². The summed E-state index contributed by atoms with van der Waals surface area (Å²) in [6, 6.07) is 2.88. The molecule has 1 unspecified atom stereocenters. The van der Waals surface area contributed by atoms with Crippen molar-refractivity contribution in [1.82, 2.24) is 15.2 Å². The number of aliphatic hydroxyl groups is 2. The number of alkyl halides is 6. The quantitative estimate of drug-likeness (QED) is 0.392. The molecule has 1 aliphatic heterocycles. The zero-order valence-electron chi connectivity index (χ0n) is 20.7. The van der Waals surface area contributed by atoms with E-state index in [0.717, 1.165) is 6.07 Å². The second-order valence-corrected chi connectivity index (χ2v) is 10.1. The van der Waals surface area contributed by atoms with Gasteiger partial charge in [-0.3, -0.25) is 9.69 Å². The number of benzene rings is 1. The van der Waals surface area contributed by atoms with E-state index in [1.54, 1.807) is 0 Å². The second kappa shape index (κ2) is 10.5. The first-order valence-electron chi connectivity index (χ1n) is 12.5. The van der Waals surface area contributed by atoms with Gasteiger partial charge in [-0.15, -0.1) is 0 Å². The monoisotopic (exact) mass is 548 g/mol. The van der Waals surface area contributed by atoms with Gasteiger partial charge in [0.05, 0.1) is 35.4 Å². The van der Waals surface area contributed by atoms with E-state index in [1.807, 2.05) is 6.92 Å². The van der Waals surface area contributed by atoms with Gasteiger partial charge in [0.2, 0.25) is 5.91 Å². The molecule has 210 valence electrons. The van der Waals surface area contributed by atoms with Gasteiger partial charge in [0, 0.05) is 30.2 Å². The molecule has 2 aliphatic rings. The topological polar surface area (TPSA) is 97.7 Å². The lowest BCUT2D eigenvalue weighted by Crippen LogP contribution is -2.63. The summed E-state index contributed by atoms with van der Waals surface area (Å²) < 4.78 is 79.4. The van der Waals surface area contributed by atoms with E-state index in [1.165, 1.54) is 0 Å². The van der Waals surface area contributed by atoms with Crippen LogP contribution in [-0.2, 0) is 17.1 Å². The highest BCUT2D eigenvalue weighted by atomic mass is 19.4. The summed E-state index contributed by atoms with van der Waals surface area (Å²) >= 11 is 0. The molecule has 4 rings (SSSR count). The summed E-state index contributed by atoms with van der Waals surface area (Å²) in [5, 5.41) is 25.8. The van der Waals surface area contributed by atoms with Crippen molar-refractivity contribution in [2.45, 2.75) is 75.2 Å². The number of aliphatic hydroxyl groups excluding tert-OH is 1. The Morgan fingerprint density at radius 3 is 2.37 bits per heavy atom. The molecule has 1 saturated carbocycles. The van der Waals surface area contributed by atoms with Gasteiger partial charge >= 0.3 is 12.4 Å². The highest BCUT2D eigenvalue weighted by molar-refractivity contribution is 5.94. The van der Waals surface area contributed by atoms with Crippen LogP contribution >= 0.6 is 0 Å². The molecule has 38 heavy (non-hydrogen) atoms. The number of hydrogen-bond donors (Lipinski definition) is 4. The Bertz CT molecular complexity index is 1160. The Hall–Kier alpha value is -2.64. The van der Waals surface area contributed by atoms with Crippen molar-refractivity contribution in [2.75, 3.05) is 25.0 Å². The van der Waals surface area contributed by atoms with Crippen LogP contribution in [0.3, 0.4) is 0 Å². The fourth-order valence-electron chi connectivity index (χ4n) is 5.23. The number of anilines is 1. The van der Waals surface area contributed by atoms with Gasteiger partial charge < -0.3 is 20.8 Å². The molecule has 1 aromatic heterocycles. The van der Waals surface area contributed by atoms with Crippen molar-refractivity contribution in [1.29, 1.82) is 0 Å². The highest BCUT2D eigenvalue weighted by Gasteiger charge is 2.42. The molecular weight excluding hydrogens is 518 g/mol. The van der Waals surface area contributed by atoms with Crippen molar-refractivity contribution in [3.63, 3.8) is 0 Å². The van der Waals surface area contributed by atoms with Gasteiger partial charge in [-0.05, 0) is 56.4 Å². The summed E-state index contributed by atoms with van der Waals surface area (Å²) in [6.45, 7) is 2.51. The predicted octanol–water partition coefficient (Wildman–Crippen LogP) is 3.93. The first-order valence-corrected chi connectivity index (χ1v) is 12.5. The number of rotatable bonds is 7. The SMILES string of the molecule is CCC(O)C1(O)CCC(N2CC(NC(=O)CNc3cc(C(F)(F)F)nc4ccc(C(F)(F)F)cc34)C2)CC1. The highest BCUT2D eigenvalue weighted by Crippen LogP contribution is 2.37. The fraction of sp³-hybridized carbons (Fsp3) is 0.600. The maximum Gasteiger partial charge on any atom is 0.433 e. The number of amides is 1. The molecule has 2 aromatic rings. The Kier molecular flexibility index (Phi) is 7.84. The molecule has 0 radical (unpaired) electrons. The molecule has 4 N–H and O–H groups in total. The Balaban J connectivity index is 1.35. The van der Waals surface area contributed by atoms with Gasteiger partial charge in [-0.25, -0.2) is 4.98 Å². The molecule has 1 amide bonds. The summed E-state index contributed by atoms with van der Waals surface area (Å²) in [6.07, 6.45) is -7.41. The number of fused-ring (bicyclic) bond motifs is 1. The number of likely N-dealkylation sites (tertiary alicyclic amines) is 1. The Labute approximate surface area is 215 Å². The average Bonchev–Trinajstić information content (AvgIpc) is 2.83. The molecule has 7 nitrogen and oxygen atoms in total. The molecule has 1 aliphatic carbocycles. The molecule has 2 fully saturated rings. The largest absolute Gasteiger partial charge is 0.433 e. The van der Waals surface area contributed by atoms with E-state index in [2.05, 4.69) is 20.5 Å². The molecule has 2 heterocycles. The first kappa shape index (κ1) is 28.4. The number of carbonyl (C=O) groups excluding carboxylic acids is 1. The van der Waals surface area contributed by atoms with Crippen LogP contribution in [0.25, 0.3) is 10.9 Å². The van der Waals surface area contributed by atoms with E-state index in [4.69, 9.17) is 0 Å². The Morgan fingerprint density at radius 2 is 1.79 bits per heavy atom. The van der Waals surface area contributed by atoms with Gasteiger partial charge in [0.25, 0.3) is 0 Å². The van der Waals surface area contributed by atoms with Crippen molar-refractivity contribution < 1.29 is 41.4 Å². The van der Waals surface area contributed by atoms with E-state index in [-0.39, 0.29) is 28.7 Å². The van der Waals surface area contributed by atoms with E-state index in [9.17, 15) is 41.4 Å². The minimum Gasteiger partial charge on any atom is -0.390 e. The van der Waals surface area contributed by atoms with E-state index < -0.39 is 47.8 Å². The van der Waals surface area contributed by atoms with Crippen LogP contribution in [-0.4, -0.2) is 69.4 Å². The molecule has 1 saturated heterocycles. The molecule has 13 heteroatoms. The zero-order chi connectivity index (χ0) is 27.9. The normalized spacial score (nSPS) is 24.2. The summed E-state index contributed by atoms with van der Waals surface area (Å²) in [5.41, 5.74) is -3.95. The van der Waals surface area contributed by atoms with Gasteiger partial charge in [0.1, 0.15) is 5.69 Å². The number of carbonyl (C=O) groups is 1. The number of hydrogen-bond acceptors (Lipinski definition) is 6. The fourth-order valence-corrected chi connectivity index (χ4v) is 5.23. The lowest BCUT2D eigenvalue weighted by Gasteiger charge is -2.48. The van der Waals surface area contributed by atoms with Crippen LogP contribution in [0.1, 0.15) is 50.3 Å². The van der Waals surface area contributed by atoms with Gasteiger partial charge in [-0.2, -0.15) is 26.3 Å². The molecule has 0 bridgehead atoms. The van der Waals surface area contributed by atoms with Crippen LogP contribution in [0.5, 0.6) is 0 Å². The van der Waals surface area contributed by atoms with E-state index in [0.29, 0.717) is 63.4 Å². The number of nitrogens with one attached hydrogen (secondary N) is 2. The molecule has 1 atom stereocenters. The third-order valence-electron chi connectivity index (χ3n) is 7.49. The van der Waals surface area contributed by atoms with Crippen LogP contribution < -0.4 is 10.6 Å². The minimum absolute atomic E-state index is 0.178. The maximum atomic E-state index is 13.3. The minimum atomic E-state index is -4.82. The van der Waals surface area contributed by atoms with Crippen LogP contribution in [0, 0.1) is 0 Å². The van der Waals surface area contributed by atoms with Crippen molar-refractivity contribution in [2.24, 2.45) is 0 Å². The van der Waals surface area contributed by atoms with Crippen LogP contribution in [0.15, 0.2) is 24.3 Å². The standard InChI is InChI=1S/C25H30F6N4O3/c1-2-21(36)23(38)7-5-16(6-8-23)35-12-15(13-35)33-22(37)11-32-19-10-20(25(29,30)31)34-18-4-3-14(9-17(18)19)24(26,27)28/h3-4,9-10,15-16,21,36,38H,2,5-8,11-13H2,1H3,(H,32,34)(H,33,37). The number of nitrogens with zero attached hydrogens (tertiary/aromatic N) is 2. The third-order valence-corrected chi connectivity index (χ3v) is 7.49. The lowest BCUT2D eigenvalue weighted by molar-refractivity contribution is -0.141. The second-order valence-electron chi connectivity index (χ2n) is 10.1. The van der Waals surface area contributed by atoms with Crippen LogP contribution in [0.2, 0.25) is 0 Å². The number of halogens is 6. The first-order chi connectivity index (χ1) is 17.7. The molecule has 1 aromatic carbocycles. The van der Waals surface area contributed by atoms with E-state index >= 15 is 0 Å². The smallest absolute Gasteiger partial charge is 0.390 e. The summed E-state index contributed by atoms with van der Waals surface area (Å²) in [5.74, 6) is -0.510. The molecular formula is C25H30F6N4O3. The van der Waals surface area contributed by atoms with Gasteiger partial charge in [0.15, 0.2) is 0 Å². The number of pyridine rings is 1. The maximum absolute atomic E-state index is 13.3. The average molecular weight is 549 g/mol.